The first-order valence-electron chi connectivity index (χ1n) is 25.4. The number of anilines is 3. The van der Waals surface area contributed by atoms with Crippen LogP contribution in [0.4, 0.5) is 26.4 Å². The van der Waals surface area contributed by atoms with Crippen molar-refractivity contribution in [3.63, 3.8) is 0 Å². The van der Waals surface area contributed by atoms with Gasteiger partial charge in [0.1, 0.15) is 42.4 Å². The summed E-state index contributed by atoms with van der Waals surface area (Å²) in [5, 5.41) is 20.5. The van der Waals surface area contributed by atoms with Crippen LogP contribution in [-0.4, -0.2) is 133 Å². The molecule has 3 atom stereocenters. The second kappa shape index (κ2) is 22.5. The van der Waals surface area contributed by atoms with Gasteiger partial charge in [0.2, 0.25) is 11.8 Å². The number of halogens is 3. The van der Waals surface area contributed by atoms with Gasteiger partial charge in [-0.3, -0.25) is 24.5 Å². The zero-order valence-corrected chi connectivity index (χ0v) is 44.0. The Morgan fingerprint density at radius 1 is 0.922 bits per heavy atom. The van der Waals surface area contributed by atoms with Crippen molar-refractivity contribution in [1.29, 1.82) is 5.26 Å². The molecule has 5 aromatic rings. The number of ether oxygens (including phenoxy) is 3. The van der Waals surface area contributed by atoms with Crippen molar-refractivity contribution in [2.45, 2.75) is 76.3 Å². The highest BCUT2D eigenvalue weighted by molar-refractivity contribution is 6.36. The Bertz CT molecular complexity index is 3260. The first-order valence-corrected chi connectivity index (χ1v) is 26.2. The minimum atomic E-state index is -0.915. The highest BCUT2D eigenvalue weighted by Crippen LogP contribution is 2.39. The van der Waals surface area contributed by atoms with Crippen LogP contribution in [0.3, 0.4) is 0 Å². The molecule has 0 saturated carbocycles. The Morgan fingerprint density at radius 2 is 1.74 bits per heavy atom. The minimum Gasteiger partial charge on any atom is -0.495 e. The minimum absolute atomic E-state index is 0.0300. The Kier molecular flexibility index (Phi) is 15.4. The predicted molar refractivity (Wildman–Crippen MR) is 286 cm³/mol. The number of benzene rings is 4. The van der Waals surface area contributed by atoms with Gasteiger partial charge >= 0.3 is 12.0 Å². The van der Waals surface area contributed by atoms with Gasteiger partial charge in [0, 0.05) is 96.2 Å². The Morgan fingerprint density at radius 3 is 2.51 bits per heavy atom. The number of imide groups is 1. The van der Waals surface area contributed by atoms with E-state index in [0.29, 0.717) is 50.0 Å². The van der Waals surface area contributed by atoms with Crippen LogP contribution in [0.25, 0.3) is 10.8 Å². The Balaban J connectivity index is 0.807. The number of carbonyl (C=O) groups excluding carboxylic acids is 5. The molecule has 5 aliphatic heterocycles. The summed E-state index contributed by atoms with van der Waals surface area (Å²) < 4.78 is 33.8. The number of likely N-dealkylation sites (N-methyl/N-ethyl adjacent to an activating group) is 1. The molecule has 0 aliphatic carbocycles. The summed E-state index contributed by atoms with van der Waals surface area (Å²) >= 11 is 13.3. The zero-order chi connectivity index (χ0) is 54.1. The van der Waals surface area contributed by atoms with Gasteiger partial charge in [0.15, 0.2) is 0 Å². The lowest BCUT2D eigenvalue weighted by Crippen LogP contribution is -2.56. The van der Waals surface area contributed by atoms with Crippen molar-refractivity contribution in [1.82, 2.24) is 35.3 Å². The van der Waals surface area contributed by atoms with Gasteiger partial charge in [-0.15, -0.1) is 0 Å². The molecule has 3 saturated heterocycles. The van der Waals surface area contributed by atoms with E-state index in [9.17, 15) is 29.2 Å². The predicted octanol–water partition coefficient (Wildman–Crippen LogP) is 6.77. The van der Waals surface area contributed by atoms with Crippen LogP contribution in [0.2, 0.25) is 10.0 Å². The number of nitrogens with zero attached hydrogens (tertiary/aromatic N) is 8. The van der Waals surface area contributed by atoms with E-state index in [1.807, 2.05) is 18.2 Å². The molecule has 400 valence electrons. The lowest BCUT2D eigenvalue weighted by Gasteiger charge is -2.42. The first kappa shape index (κ1) is 52.7. The number of methoxy groups -OCH3 is 1. The summed E-state index contributed by atoms with van der Waals surface area (Å²) in [6, 6.07) is 18.3. The molecule has 22 heteroatoms. The molecule has 3 fully saturated rings. The van der Waals surface area contributed by atoms with Crippen LogP contribution >= 0.6 is 23.2 Å². The van der Waals surface area contributed by atoms with Gasteiger partial charge < -0.3 is 49.3 Å². The number of rotatable bonds is 15. The van der Waals surface area contributed by atoms with Crippen LogP contribution < -0.4 is 40.0 Å². The molecule has 5 aliphatic rings. The largest absolute Gasteiger partial charge is 0.495 e. The third-order valence-electron chi connectivity index (χ3n) is 15.0. The average Bonchev–Trinajstić information content (AvgIpc) is 4.05. The number of carbonyl (C=O) groups is 5. The quantitative estimate of drug-likeness (QED) is 0.0729. The van der Waals surface area contributed by atoms with Crippen molar-refractivity contribution in [2.75, 3.05) is 75.2 Å². The fourth-order valence-electron chi connectivity index (χ4n) is 10.9. The summed E-state index contributed by atoms with van der Waals surface area (Å²) in [5.74, 6) is -1.72. The number of hydrogen-bond donors (Lipinski definition) is 3. The normalized spacial score (nSPS) is 19.4. The van der Waals surface area contributed by atoms with Crippen molar-refractivity contribution in [3.8, 4) is 23.6 Å². The average molecular weight is 1090 g/mol. The van der Waals surface area contributed by atoms with E-state index in [2.05, 4.69) is 68.5 Å². The van der Waals surface area contributed by atoms with E-state index in [4.69, 9.17) is 47.4 Å². The zero-order valence-electron chi connectivity index (χ0n) is 42.5. The molecular weight excluding hydrogens is 1030 g/mol. The van der Waals surface area contributed by atoms with Gasteiger partial charge in [0.05, 0.1) is 60.2 Å². The number of fused-ring (bicyclic) bond motifs is 3. The van der Waals surface area contributed by atoms with E-state index >= 15 is 4.39 Å². The fraction of sp³-hybridized carbons (Fsp3) is 0.382. The fourth-order valence-corrected chi connectivity index (χ4v) is 11.4. The third-order valence-corrected chi connectivity index (χ3v) is 15.6. The molecule has 4 aromatic carbocycles. The summed E-state index contributed by atoms with van der Waals surface area (Å²) in [6.07, 6.45) is 2.95. The van der Waals surface area contributed by atoms with Crippen molar-refractivity contribution < 1.29 is 42.6 Å². The van der Waals surface area contributed by atoms with Crippen molar-refractivity contribution >= 4 is 80.8 Å². The number of piperazine rings is 1. The van der Waals surface area contributed by atoms with Gasteiger partial charge in [-0.1, -0.05) is 60.1 Å². The molecule has 3 N–H and O–H groups in total. The lowest BCUT2D eigenvalue weighted by molar-refractivity contribution is -0.137. The van der Waals surface area contributed by atoms with E-state index in [0.717, 1.165) is 47.1 Å². The highest BCUT2D eigenvalue weighted by atomic mass is 35.5. The van der Waals surface area contributed by atoms with E-state index < -0.39 is 47.6 Å². The first-order chi connectivity index (χ1) is 37.2. The van der Waals surface area contributed by atoms with E-state index in [-0.39, 0.29) is 102 Å². The molecule has 6 heterocycles. The Hall–Kier alpha value is -7.73. The van der Waals surface area contributed by atoms with E-state index in [1.54, 1.807) is 4.90 Å². The summed E-state index contributed by atoms with van der Waals surface area (Å²) in [6.45, 7) is 6.83. The molecule has 10 rings (SSSR count). The molecule has 0 bridgehead atoms. The molecule has 0 spiro atoms. The summed E-state index contributed by atoms with van der Waals surface area (Å²) in [7, 11) is 3.49. The van der Waals surface area contributed by atoms with Gasteiger partial charge in [0.25, 0.3) is 11.8 Å². The van der Waals surface area contributed by atoms with Crippen LogP contribution in [-0.2, 0) is 40.4 Å². The molecule has 1 aromatic heterocycles. The van der Waals surface area contributed by atoms with E-state index in [1.165, 1.54) is 36.3 Å². The highest BCUT2D eigenvalue weighted by Gasteiger charge is 2.41. The van der Waals surface area contributed by atoms with Gasteiger partial charge in [-0.05, 0) is 62.9 Å². The number of nitriles is 1. The maximum atomic E-state index is 15.9. The maximum absolute atomic E-state index is 15.9. The smallest absolute Gasteiger partial charge is 0.319 e. The number of amides is 6. The summed E-state index contributed by atoms with van der Waals surface area (Å²) in [4.78, 5) is 84.7. The third kappa shape index (κ3) is 10.8. The number of piperidine rings is 1. The molecular formula is C55H56Cl2FN11O8. The topological polar surface area (TPSA) is 215 Å². The monoisotopic (exact) mass is 1090 g/mol. The second-order valence-electron chi connectivity index (χ2n) is 19.7. The van der Waals surface area contributed by atoms with Crippen molar-refractivity contribution in [3.05, 3.63) is 117 Å². The van der Waals surface area contributed by atoms with Gasteiger partial charge in [-0.25, -0.2) is 9.18 Å². The molecule has 6 amide bonds. The summed E-state index contributed by atoms with van der Waals surface area (Å²) in [5.41, 5.74) is 3.27. The second-order valence-corrected chi connectivity index (χ2v) is 20.6. The van der Waals surface area contributed by atoms with Crippen molar-refractivity contribution in [2.24, 2.45) is 0 Å². The van der Waals surface area contributed by atoms with Crippen LogP contribution in [0.15, 0.2) is 72.8 Å². The van der Waals surface area contributed by atoms with Crippen LogP contribution in [0, 0.1) is 17.1 Å². The number of hydrogen-bond acceptors (Lipinski definition) is 14. The number of aromatic nitrogens is 2. The van der Waals surface area contributed by atoms with Gasteiger partial charge in [-0.2, -0.15) is 15.2 Å². The van der Waals surface area contributed by atoms with Crippen LogP contribution in [0.1, 0.15) is 64.8 Å². The molecule has 77 heavy (non-hydrogen) atoms. The lowest BCUT2D eigenvalue weighted by atomic mass is 10.0. The number of likely N-dealkylation sites (tertiary alicyclic amines) is 1. The maximum Gasteiger partial charge on any atom is 0.319 e. The molecule has 19 nitrogen and oxygen atoms in total. The molecule has 1 unspecified atom stereocenters. The SMILES string of the molecule is C=C(COc1cc(Cl)c(OC)cc1NC(=O)NCc1ccc2c(c1F)CN(C1CCC(=O)NC1=O)C2=O)C(=O)N1CCN(c2nc(OC[C@@H]3CCCN3C)nc3c2CCN(c2cccc4cccc(Cl)c24)C3)C[C@@H]1CC#N. The number of urea groups is 1. The standard InChI is InChI=1S/C55H56Cl2FN11O8/c1-31(29-76-46-23-40(57)45(75-3)24-41(46)61-54(74)60-25-33-12-13-36-38(49(33)58)27-69(53(36)73)44-14-15-47(70)63-51(44)71)52(72)68-22-21-67(26-34(68)16-18-59)50-37-17-20-66(43-11-5-8-32-7-4-10-39(56)48(32)43)28-42(37)62-55(64-50)77-30-35-9-6-19-65(35)2/h4-5,7-8,10-13,23-24,34-35,44H,1,6,9,14-17,19-22,25-30H2,2-3H3,(H2,60,61,74)(H,63,70,71)/t34-,35-,44?/m0/s1. The number of nitrogens with one attached hydrogen (secondary N) is 3. The molecule has 0 radical (unpaired) electrons. The van der Waals surface area contributed by atoms with Crippen LogP contribution in [0.5, 0.6) is 17.5 Å². The Labute approximate surface area is 453 Å².